The van der Waals surface area contributed by atoms with E-state index >= 15 is 0 Å². The molecule has 3 aromatic rings. The van der Waals surface area contributed by atoms with Gasteiger partial charge < -0.3 is 5.11 Å². The Labute approximate surface area is 116 Å². The normalized spacial score (nSPS) is 10.8. The zero-order chi connectivity index (χ0) is 14.1. The van der Waals surface area contributed by atoms with Gasteiger partial charge in [-0.05, 0) is 30.2 Å². The van der Waals surface area contributed by atoms with Crippen LogP contribution >= 0.6 is 0 Å². The Morgan fingerprint density at radius 2 is 1.95 bits per heavy atom. The van der Waals surface area contributed by atoms with Crippen LogP contribution in [0.1, 0.15) is 17.3 Å². The van der Waals surface area contributed by atoms with E-state index in [9.17, 15) is 9.90 Å². The highest BCUT2D eigenvalue weighted by atomic mass is 16.4. The Hall–Kier alpha value is -2.62. The predicted molar refractivity (Wildman–Crippen MR) is 77.8 cm³/mol. The fourth-order valence-electron chi connectivity index (χ4n) is 2.40. The maximum Gasteiger partial charge on any atom is 0.336 e. The van der Waals surface area contributed by atoms with Crippen LogP contribution in [0.15, 0.2) is 48.7 Å². The lowest BCUT2D eigenvalue weighted by Gasteiger charge is -2.06. The Bertz CT molecular complexity index is 776. The molecule has 0 aliphatic rings. The number of nitrogens with zero attached hydrogens (tertiary/aromatic N) is 2. The van der Waals surface area contributed by atoms with Gasteiger partial charge in [-0.2, -0.15) is 5.10 Å². The first kappa shape index (κ1) is 12.4. The minimum absolute atomic E-state index is 0.293. The number of fused-ring (bicyclic) bond motifs is 1. The number of rotatable bonds is 3. The molecule has 1 heterocycles. The first-order valence-electron chi connectivity index (χ1n) is 6.49. The average Bonchev–Trinajstić information content (AvgIpc) is 2.89. The van der Waals surface area contributed by atoms with Gasteiger partial charge >= 0.3 is 5.97 Å². The molecule has 2 aromatic carbocycles. The molecule has 0 fully saturated rings. The number of aromatic carboxylic acids is 1. The van der Waals surface area contributed by atoms with E-state index in [1.807, 2.05) is 48.0 Å². The van der Waals surface area contributed by atoms with Crippen molar-refractivity contribution in [3.8, 4) is 11.1 Å². The van der Waals surface area contributed by atoms with Gasteiger partial charge in [0.2, 0.25) is 0 Å². The second kappa shape index (κ2) is 4.81. The molecule has 0 atom stereocenters. The zero-order valence-corrected chi connectivity index (χ0v) is 11.1. The molecule has 0 bridgehead atoms. The van der Waals surface area contributed by atoms with Gasteiger partial charge in [0.25, 0.3) is 0 Å². The van der Waals surface area contributed by atoms with Crippen molar-refractivity contribution in [1.82, 2.24) is 9.78 Å². The van der Waals surface area contributed by atoms with Crippen molar-refractivity contribution in [3.63, 3.8) is 0 Å². The van der Waals surface area contributed by atoms with Crippen molar-refractivity contribution in [1.29, 1.82) is 0 Å². The number of aryl methyl sites for hydroxylation is 1. The number of benzene rings is 2. The molecule has 4 heteroatoms. The molecular formula is C16H14N2O2. The molecule has 0 amide bonds. The molecule has 0 spiro atoms. The maximum atomic E-state index is 11.5. The van der Waals surface area contributed by atoms with Crippen LogP contribution < -0.4 is 0 Å². The molecule has 0 unspecified atom stereocenters. The Morgan fingerprint density at radius 3 is 2.60 bits per heavy atom. The summed E-state index contributed by atoms with van der Waals surface area (Å²) in [6.07, 6.45) is 1.62. The van der Waals surface area contributed by atoms with Crippen molar-refractivity contribution in [2.75, 3.05) is 0 Å². The summed E-state index contributed by atoms with van der Waals surface area (Å²) in [5.74, 6) is -0.927. The Balaban J connectivity index is 2.31. The second-order valence-electron chi connectivity index (χ2n) is 4.59. The van der Waals surface area contributed by atoms with Gasteiger partial charge in [-0.1, -0.05) is 30.3 Å². The fraction of sp³-hybridized carbons (Fsp3) is 0.125. The van der Waals surface area contributed by atoms with E-state index in [0.29, 0.717) is 17.5 Å². The molecule has 0 aliphatic heterocycles. The summed E-state index contributed by atoms with van der Waals surface area (Å²) in [7, 11) is 0. The number of aromatic nitrogens is 2. The molecule has 0 saturated heterocycles. The van der Waals surface area contributed by atoms with E-state index in [2.05, 4.69) is 5.10 Å². The van der Waals surface area contributed by atoms with Gasteiger partial charge in [0.15, 0.2) is 0 Å². The van der Waals surface area contributed by atoms with Crippen molar-refractivity contribution in [2.45, 2.75) is 13.5 Å². The standard InChI is InChI=1S/C16H14N2O2/c1-2-18-15-9-12(11-6-4-3-5-7-11)8-13(16(19)20)14(15)10-17-18/h3-10H,2H2,1H3,(H,19,20). The topological polar surface area (TPSA) is 55.1 Å². The molecule has 100 valence electrons. The number of hydrogen-bond acceptors (Lipinski definition) is 2. The van der Waals surface area contributed by atoms with Gasteiger partial charge in [-0.25, -0.2) is 4.79 Å². The van der Waals surface area contributed by atoms with E-state index in [1.165, 1.54) is 0 Å². The molecule has 0 saturated carbocycles. The van der Waals surface area contributed by atoms with Crippen LogP contribution in [0.3, 0.4) is 0 Å². The minimum Gasteiger partial charge on any atom is -0.478 e. The summed E-state index contributed by atoms with van der Waals surface area (Å²) in [5.41, 5.74) is 3.04. The van der Waals surface area contributed by atoms with Crippen molar-refractivity contribution in [3.05, 3.63) is 54.2 Å². The molecule has 20 heavy (non-hydrogen) atoms. The van der Waals surface area contributed by atoms with Crippen LogP contribution in [0.4, 0.5) is 0 Å². The van der Waals surface area contributed by atoms with Crippen LogP contribution in [-0.4, -0.2) is 20.9 Å². The Kier molecular flexibility index (Phi) is 2.99. The summed E-state index contributed by atoms with van der Waals surface area (Å²) in [5, 5.41) is 14.3. The third kappa shape index (κ3) is 1.95. The van der Waals surface area contributed by atoms with Gasteiger partial charge in [-0.15, -0.1) is 0 Å². The number of carboxylic acids is 1. The van der Waals surface area contributed by atoms with E-state index in [1.54, 1.807) is 12.3 Å². The highest BCUT2D eigenvalue weighted by molar-refractivity contribution is 6.04. The largest absolute Gasteiger partial charge is 0.478 e. The minimum atomic E-state index is -0.927. The zero-order valence-electron chi connectivity index (χ0n) is 11.1. The summed E-state index contributed by atoms with van der Waals surface area (Å²) >= 11 is 0. The molecule has 0 aliphatic carbocycles. The van der Waals surface area contributed by atoms with Gasteiger partial charge in [-0.3, -0.25) is 4.68 Å². The summed E-state index contributed by atoms with van der Waals surface area (Å²) in [4.78, 5) is 11.5. The lowest BCUT2D eigenvalue weighted by Crippen LogP contribution is -2.00. The Morgan fingerprint density at radius 1 is 1.20 bits per heavy atom. The number of carboxylic acid groups (broad SMARTS) is 1. The third-order valence-electron chi connectivity index (χ3n) is 3.40. The quantitative estimate of drug-likeness (QED) is 0.790. The van der Waals surface area contributed by atoms with Crippen LogP contribution in [0.2, 0.25) is 0 Å². The van der Waals surface area contributed by atoms with Crippen LogP contribution in [0, 0.1) is 0 Å². The predicted octanol–water partition coefficient (Wildman–Crippen LogP) is 3.42. The van der Waals surface area contributed by atoms with Crippen molar-refractivity contribution in [2.24, 2.45) is 0 Å². The number of hydrogen-bond donors (Lipinski definition) is 1. The van der Waals surface area contributed by atoms with Crippen molar-refractivity contribution < 1.29 is 9.90 Å². The summed E-state index contributed by atoms with van der Waals surface area (Å²) in [6.45, 7) is 2.70. The third-order valence-corrected chi connectivity index (χ3v) is 3.40. The summed E-state index contributed by atoms with van der Waals surface area (Å²) < 4.78 is 1.81. The van der Waals surface area contributed by atoms with E-state index < -0.39 is 5.97 Å². The summed E-state index contributed by atoms with van der Waals surface area (Å²) in [6, 6.07) is 13.5. The molecule has 1 aromatic heterocycles. The average molecular weight is 266 g/mol. The first-order valence-corrected chi connectivity index (χ1v) is 6.49. The fourth-order valence-corrected chi connectivity index (χ4v) is 2.40. The van der Waals surface area contributed by atoms with Crippen LogP contribution in [-0.2, 0) is 6.54 Å². The number of carbonyl (C=O) groups is 1. The maximum absolute atomic E-state index is 11.5. The lowest BCUT2D eigenvalue weighted by atomic mass is 10.0. The molecule has 1 N–H and O–H groups in total. The van der Waals surface area contributed by atoms with Crippen molar-refractivity contribution >= 4 is 16.9 Å². The van der Waals surface area contributed by atoms with Gasteiger partial charge in [0, 0.05) is 11.9 Å². The monoisotopic (exact) mass is 266 g/mol. The highest BCUT2D eigenvalue weighted by Crippen LogP contribution is 2.27. The molecule has 3 rings (SSSR count). The van der Waals surface area contributed by atoms with E-state index in [-0.39, 0.29) is 0 Å². The van der Waals surface area contributed by atoms with Crippen LogP contribution in [0.25, 0.3) is 22.0 Å². The van der Waals surface area contributed by atoms with Gasteiger partial charge in [0.1, 0.15) is 0 Å². The van der Waals surface area contributed by atoms with E-state index in [0.717, 1.165) is 16.6 Å². The first-order chi connectivity index (χ1) is 9.70. The van der Waals surface area contributed by atoms with E-state index in [4.69, 9.17) is 0 Å². The molecule has 4 nitrogen and oxygen atoms in total. The van der Waals surface area contributed by atoms with Crippen LogP contribution in [0.5, 0.6) is 0 Å². The lowest BCUT2D eigenvalue weighted by molar-refractivity contribution is 0.0699. The van der Waals surface area contributed by atoms with Gasteiger partial charge in [0.05, 0.1) is 17.3 Å². The second-order valence-corrected chi connectivity index (χ2v) is 4.59. The molecule has 0 radical (unpaired) electrons. The molecular weight excluding hydrogens is 252 g/mol. The SMILES string of the molecule is CCn1ncc2c(C(=O)O)cc(-c3ccccc3)cc21. The smallest absolute Gasteiger partial charge is 0.336 e. The highest BCUT2D eigenvalue weighted by Gasteiger charge is 2.14.